The Kier molecular flexibility index (Phi) is 6.82. The third-order valence-corrected chi connectivity index (χ3v) is 8.74. The summed E-state index contributed by atoms with van der Waals surface area (Å²) in [5.41, 5.74) is 4.36. The first kappa shape index (κ1) is 26.5. The Morgan fingerprint density at radius 2 is 1.92 bits per heavy atom. The van der Waals surface area contributed by atoms with Crippen LogP contribution in [-0.2, 0) is 4.74 Å². The lowest BCUT2D eigenvalue weighted by atomic mass is 9.84. The summed E-state index contributed by atoms with van der Waals surface area (Å²) in [5, 5.41) is 1.11. The molecule has 4 heterocycles. The van der Waals surface area contributed by atoms with E-state index in [2.05, 4.69) is 58.8 Å². The van der Waals surface area contributed by atoms with Crippen LogP contribution < -0.4 is 0 Å². The number of aromatic amines is 1. The minimum absolute atomic E-state index is 0.0303. The molecule has 5 nitrogen and oxygen atoms in total. The Morgan fingerprint density at radius 1 is 1.15 bits per heavy atom. The zero-order valence-electron chi connectivity index (χ0n) is 22.9. The molecule has 2 aromatic rings. The second kappa shape index (κ2) is 10.0. The molecule has 1 aliphatic carbocycles. The van der Waals surface area contributed by atoms with Crippen molar-refractivity contribution in [2.24, 2.45) is 15.4 Å². The highest BCUT2D eigenvalue weighted by atomic mass is 19.4. The van der Waals surface area contributed by atoms with Crippen molar-refractivity contribution in [3.63, 3.8) is 0 Å². The van der Waals surface area contributed by atoms with Gasteiger partial charge >= 0.3 is 6.18 Å². The van der Waals surface area contributed by atoms with Gasteiger partial charge in [-0.05, 0) is 85.5 Å². The topological polar surface area (TPSA) is 53.0 Å². The number of benzene rings is 1. The van der Waals surface area contributed by atoms with Crippen LogP contribution in [-0.4, -0.2) is 67.0 Å². The van der Waals surface area contributed by atoms with E-state index in [1.165, 1.54) is 18.0 Å². The second-order valence-corrected chi connectivity index (χ2v) is 12.3. The van der Waals surface area contributed by atoms with Gasteiger partial charge in [0.25, 0.3) is 0 Å². The Bertz CT molecular complexity index is 1370. The molecule has 0 bridgehead atoms. The molecule has 0 amide bonds. The minimum atomic E-state index is -4.50. The van der Waals surface area contributed by atoms with E-state index in [4.69, 9.17) is 4.74 Å². The van der Waals surface area contributed by atoms with E-state index in [0.29, 0.717) is 29.7 Å². The van der Waals surface area contributed by atoms with Crippen LogP contribution in [0.3, 0.4) is 0 Å². The van der Waals surface area contributed by atoms with Crippen molar-refractivity contribution in [3.05, 3.63) is 52.7 Å². The largest absolute Gasteiger partial charge is 0.418 e. The molecule has 0 saturated carbocycles. The van der Waals surface area contributed by atoms with Crippen LogP contribution in [0.5, 0.6) is 0 Å². The second-order valence-electron chi connectivity index (χ2n) is 12.3. The highest BCUT2D eigenvalue weighted by Crippen LogP contribution is 2.40. The van der Waals surface area contributed by atoms with Gasteiger partial charge in [0, 0.05) is 28.6 Å². The SMILES string of the molecule is CC(C)c1c(C2=C/CCC3N=CN=C3/C(C(F)(F)F)=C\2)[nH]c2ccc(C3CCN(CC4(C)COC4)CC3)cc12. The van der Waals surface area contributed by atoms with Gasteiger partial charge < -0.3 is 14.6 Å². The molecule has 4 aliphatic rings. The normalized spacial score (nSPS) is 26.8. The zero-order chi connectivity index (χ0) is 27.4. The number of alkyl halides is 3. The molecule has 6 rings (SSSR count). The molecular weight excluding hydrogens is 501 g/mol. The van der Waals surface area contributed by atoms with Crippen LogP contribution >= 0.6 is 0 Å². The number of fused-ring (bicyclic) bond motifs is 2. The summed E-state index contributed by atoms with van der Waals surface area (Å²) in [7, 11) is 0. The Labute approximate surface area is 227 Å². The number of piperidine rings is 1. The van der Waals surface area contributed by atoms with E-state index >= 15 is 0 Å². The van der Waals surface area contributed by atoms with Crippen LogP contribution in [0.25, 0.3) is 16.5 Å². The summed E-state index contributed by atoms with van der Waals surface area (Å²) in [6.07, 6.45) is 3.35. The number of allylic oxidation sites excluding steroid dienone is 3. The number of aromatic nitrogens is 1. The summed E-state index contributed by atoms with van der Waals surface area (Å²) in [4.78, 5) is 14.3. The minimum Gasteiger partial charge on any atom is -0.380 e. The average molecular weight is 539 g/mol. The van der Waals surface area contributed by atoms with Crippen molar-refractivity contribution in [2.75, 3.05) is 32.8 Å². The fourth-order valence-corrected chi connectivity index (χ4v) is 6.70. The van der Waals surface area contributed by atoms with Crippen molar-refractivity contribution in [2.45, 2.75) is 70.5 Å². The van der Waals surface area contributed by atoms with Crippen molar-refractivity contribution in [3.8, 4) is 0 Å². The van der Waals surface area contributed by atoms with Crippen molar-refractivity contribution >= 4 is 28.5 Å². The van der Waals surface area contributed by atoms with Crippen molar-refractivity contribution in [1.29, 1.82) is 0 Å². The number of hydrogen-bond acceptors (Lipinski definition) is 4. The first-order chi connectivity index (χ1) is 18.6. The maximum atomic E-state index is 14.2. The monoisotopic (exact) mass is 538 g/mol. The number of hydrogen-bond donors (Lipinski definition) is 1. The average Bonchev–Trinajstić information content (AvgIpc) is 3.46. The zero-order valence-corrected chi connectivity index (χ0v) is 22.9. The summed E-state index contributed by atoms with van der Waals surface area (Å²) >= 11 is 0. The van der Waals surface area contributed by atoms with Crippen LogP contribution in [0.2, 0.25) is 0 Å². The lowest BCUT2D eigenvalue weighted by Crippen LogP contribution is -2.50. The van der Waals surface area contributed by atoms with Crippen molar-refractivity contribution in [1.82, 2.24) is 9.88 Å². The highest BCUT2D eigenvalue weighted by molar-refractivity contribution is 6.12. The van der Waals surface area contributed by atoms with Crippen LogP contribution in [0.15, 0.2) is 45.9 Å². The fraction of sp³-hybridized carbons (Fsp3) is 0.548. The number of rotatable bonds is 5. The highest BCUT2D eigenvalue weighted by Gasteiger charge is 2.41. The molecule has 3 aliphatic heterocycles. The molecule has 1 unspecified atom stereocenters. The van der Waals surface area contributed by atoms with E-state index in [1.54, 1.807) is 0 Å². The molecule has 208 valence electrons. The fourth-order valence-electron chi connectivity index (χ4n) is 6.70. The van der Waals surface area contributed by atoms with E-state index < -0.39 is 17.8 Å². The van der Waals surface area contributed by atoms with E-state index in [0.717, 1.165) is 67.8 Å². The maximum absolute atomic E-state index is 14.2. The number of halogens is 3. The molecular formula is C31H37F3N4O. The number of nitrogens with zero attached hydrogens (tertiary/aromatic N) is 3. The van der Waals surface area contributed by atoms with E-state index in [-0.39, 0.29) is 11.6 Å². The number of H-pyrrole nitrogens is 1. The third kappa shape index (κ3) is 5.13. The molecule has 39 heavy (non-hydrogen) atoms. The Morgan fingerprint density at radius 3 is 2.59 bits per heavy atom. The van der Waals surface area contributed by atoms with Gasteiger partial charge in [-0.25, -0.2) is 4.99 Å². The van der Waals surface area contributed by atoms with Crippen LogP contribution in [0, 0.1) is 5.41 Å². The molecule has 1 N–H and O–H groups in total. The molecule has 0 spiro atoms. The molecule has 8 heteroatoms. The number of aliphatic imine (C=N–C) groups is 2. The first-order valence-electron chi connectivity index (χ1n) is 14.2. The molecule has 2 saturated heterocycles. The van der Waals surface area contributed by atoms with Gasteiger partial charge in [-0.1, -0.05) is 32.9 Å². The van der Waals surface area contributed by atoms with Gasteiger partial charge in [0.05, 0.1) is 30.5 Å². The molecule has 0 radical (unpaired) electrons. The quantitative estimate of drug-likeness (QED) is 0.445. The van der Waals surface area contributed by atoms with Gasteiger partial charge in [-0.3, -0.25) is 4.99 Å². The van der Waals surface area contributed by atoms with E-state index in [9.17, 15) is 13.2 Å². The van der Waals surface area contributed by atoms with E-state index in [1.807, 2.05) is 6.08 Å². The van der Waals surface area contributed by atoms with Gasteiger partial charge in [-0.15, -0.1) is 0 Å². The first-order valence-corrected chi connectivity index (χ1v) is 14.2. The summed E-state index contributed by atoms with van der Waals surface area (Å²) < 4.78 is 48.0. The molecule has 1 atom stereocenters. The molecule has 2 fully saturated rings. The standard InChI is InChI=1S/C31H37F3N4O/c1-19(2)27-23-13-21(20-9-11-38(12-10-20)15-30(3)16-39-17-30)7-8-25(23)37-28(27)22-5-4-6-26-29(36-18-35-26)24(14-22)31(32,33)34/h5,7-8,13-14,18-20,26,37H,4,6,9-12,15-17H2,1-3H3/b22-5+,24-14+. The number of likely N-dealkylation sites (tertiary alicyclic amines) is 1. The number of nitrogens with one attached hydrogen (secondary N) is 1. The summed E-state index contributed by atoms with van der Waals surface area (Å²) in [6, 6.07) is 6.07. The maximum Gasteiger partial charge on any atom is 0.418 e. The lowest BCUT2D eigenvalue weighted by molar-refractivity contribution is -0.116. The van der Waals surface area contributed by atoms with Gasteiger partial charge in [0.1, 0.15) is 6.34 Å². The predicted octanol–water partition coefficient (Wildman–Crippen LogP) is 7.02. The van der Waals surface area contributed by atoms with Gasteiger partial charge in [0.2, 0.25) is 0 Å². The summed E-state index contributed by atoms with van der Waals surface area (Å²) in [5.74, 6) is 0.634. The molecule has 1 aromatic carbocycles. The Hall–Kier alpha value is -2.71. The van der Waals surface area contributed by atoms with Crippen molar-refractivity contribution < 1.29 is 17.9 Å². The Balaban J connectivity index is 1.31. The third-order valence-electron chi connectivity index (χ3n) is 8.74. The summed E-state index contributed by atoms with van der Waals surface area (Å²) in [6.45, 7) is 11.5. The van der Waals surface area contributed by atoms with Crippen LogP contribution in [0.4, 0.5) is 13.2 Å². The predicted molar refractivity (Wildman–Crippen MR) is 151 cm³/mol. The van der Waals surface area contributed by atoms with Gasteiger partial charge in [0.15, 0.2) is 0 Å². The van der Waals surface area contributed by atoms with Gasteiger partial charge in [-0.2, -0.15) is 13.2 Å². The van der Waals surface area contributed by atoms with Crippen LogP contribution in [0.1, 0.15) is 75.1 Å². The molecule has 1 aromatic heterocycles. The smallest absolute Gasteiger partial charge is 0.380 e. The number of ether oxygens (including phenoxy) is 1. The lowest BCUT2D eigenvalue weighted by Gasteiger charge is -2.43.